The molecule has 1 aromatic carbocycles. The monoisotopic (exact) mass is 357 g/mol. The fourth-order valence-corrected chi connectivity index (χ4v) is 3.94. The summed E-state index contributed by atoms with van der Waals surface area (Å²) in [5.74, 6) is -0.215. The Morgan fingerprint density at radius 2 is 1.84 bits per heavy atom. The Bertz CT molecular complexity index is 793. The summed E-state index contributed by atoms with van der Waals surface area (Å²) in [6, 6.07) is 10.4. The van der Waals surface area contributed by atoms with E-state index in [1.165, 1.54) is 0 Å². The molecule has 1 atom stereocenters. The molecular formula is C19H20ClN3O2. The van der Waals surface area contributed by atoms with Gasteiger partial charge in [0, 0.05) is 22.9 Å². The van der Waals surface area contributed by atoms with Gasteiger partial charge in [-0.2, -0.15) is 0 Å². The van der Waals surface area contributed by atoms with E-state index in [0.717, 1.165) is 31.4 Å². The predicted molar refractivity (Wildman–Crippen MR) is 96.5 cm³/mol. The first kappa shape index (κ1) is 16.2. The highest BCUT2D eigenvalue weighted by atomic mass is 35.5. The summed E-state index contributed by atoms with van der Waals surface area (Å²) in [7, 11) is 0. The van der Waals surface area contributed by atoms with Gasteiger partial charge in [0.1, 0.15) is 6.54 Å². The lowest BCUT2D eigenvalue weighted by Crippen LogP contribution is -2.50. The lowest BCUT2D eigenvalue weighted by molar-refractivity contribution is -0.128. The van der Waals surface area contributed by atoms with Crippen molar-refractivity contribution in [1.82, 2.24) is 9.88 Å². The number of nitrogens with one attached hydrogen (secondary N) is 1. The summed E-state index contributed by atoms with van der Waals surface area (Å²) in [5.41, 5.74) is 1.53. The number of anilines is 1. The number of carbonyl (C=O) groups excluding carboxylic acids is 2. The standard InChI is InChI=1S/C19H20ClN3O2/c20-13-7-9-15(10-8-13)23-17(24)12-22-11-3-6-16(22)18(23)19(25)21-14-4-1-2-5-14/h3,6-11,14,18H,1-2,4-5,12H2,(H,21,25). The molecule has 1 unspecified atom stereocenters. The summed E-state index contributed by atoms with van der Waals surface area (Å²) in [6.45, 7) is 0.234. The van der Waals surface area contributed by atoms with Gasteiger partial charge in [-0.05, 0) is 49.2 Å². The van der Waals surface area contributed by atoms with Crippen molar-refractivity contribution in [2.24, 2.45) is 0 Å². The van der Waals surface area contributed by atoms with Crippen LogP contribution >= 0.6 is 11.6 Å². The number of fused-ring (bicyclic) bond motifs is 1. The van der Waals surface area contributed by atoms with Gasteiger partial charge in [-0.3, -0.25) is 14.5 Å². The molecule has 1 aliphatic heterocycles. The van der Waals surface area contributed by atoms with Crippen LogP contribution < -0.4 is 10.2 Å². The van der Waals surface area contributed by atoms with E-state index >= 15 is 0 Å². The van der Waals surface area contributed by atoms with Crippen molar-refractivity contribution >= 4 is 29.1 Å². The lowest BCUT2D eigenvalue weighted by Gasteiger charge is -2.36. The van der Waals surface area contributed by atoms with Gasteiger partial charge in [0.2, 0.25) is 11.8 Å². The van der Waals surface area contributed by atoms with Crippen molar-refractivity contribution in [3.8, 4) is 0 Å². The van der Waals surface area contributed by atoms with Gasteiger partial charge in [-0.15, -0.1) is 0 Å². The zero-order valence-corrected chi connectivity index (χ0v) is 14.6. The minimum atomic E-state index is -0.655. The second kappa shape index (κ2) is 6.56. The minimum absolute atomic E-state index is 0.0994. The van der Waals surface area contributed by atoms with E-state index < -0.39 is 6.04 Å². The molecule has 1 aliphatic carbocycles. The molecule has 25 heavy (non-hydrogen) atoms. The van der Waals surface area contributed by atoms with E-state index in [9.17, 15) is 9.59 Å². The van der Waals surface area contributed by atoms with Crippen LogP contribution in [0.4, 0.5) is 5.69 Å². The van der Waals surface area contributed by atoms with Crippen molar-refractivity contribution in [3.63, 3.8) is 0 Å². The van der Waals surface area contributed by atoms with Gasteiger partial charge in [0.05, 0.1) is 5.69 Å². The Morgan fingerprint density at radius 3 is 2.56 bits per heavy atom. The normalized spacial score (nSPS) is 20.6. The molecule has 0 saturated heterocycles. The van der Waals surface area contributed by atoms with Crippen LogP contribution in [0.2, 0.25) is 5.02 Å². The van der Waals surface area contributed by atoms with E-state index in [1.807, 2.05) is 22.9 Å². The maximum atomic E-state index is 13.1. The molecule has 130 valence electrons. The fraction of sp³-hybridized carbons (Fsp3) is 0.368. The first-order valence-corrected chi connectivity index (χ1v) is 9.04. The topological polar surface area (TPSA) is 54.3 Å². The number of hydrogen-bond acceptors (Lipinski definition) is 2. The largest absolute Gasteiger partial charge is 0.351 e. The molecule has 2 heterocycles. The average molecular weight is 358 g/mol. The smallest absolute Gasteiger partial charge is 0.249 e. The van der Waals surface area contributed by atoms with E-state index in [2.05, 4.69) is 5.32 Å². The predicted octanol–water partition coefficient (Wildman–Crippen LogP) is 3.29. The SMILES string of the molecule is O=C(NC1CCCC1)C1c2cccn2CC(=O)N1c1ccc(Cl)cc1. The zero-order chi connectivity index (χ0) is 17.4. The van der Waals surface area contributed by atoms with Crippen LogP contribution in [0.3, 0.4) is 0 Å². The first-order chi connectivity index (χ1) is 12.1. The number of hydrogen-bond donors (Lipinski definition) is 1. The molecule has 4 rings (SSSR count). The van der Waals surface area contributed by atoms with Crippen molar-refractivity contribution in [3.05, 3.63) is 53.3 Å². The number of nitrogens with zero attached hydrogens (tertiary/aromatic N) is 2. The Labute approximate surface area is 151 Å². The van der Waals surface area contributed by atoms with Crippen LogP contribution in [0.5, 0.6) is 0 Å². The number of amides is 2. The number of halogens is 1. The van der Waals surface area contributed by atoms with Gasteiger partial charge in [0.15, 0.2) is 6.04 Å². The van der Waals surface area contributed by atoms with Crippen LogP contribution in [0.15, 0.2) is 42.6 Å². The first-order valence-electron chi connectivity index (χ1n) is 8.66. The van der Waals surface area contributed by atoms with Gasteiger partial charge in [0.25, 0.3) is 0 Å². The molecule has 0 radical (unpaired) electrons. The van der Waals surface area contributed by atoms with Crippen LogP contribution in [0.25, 0.3) is 0 Å². The second-order valence-electron chi connectivity index (χ2n) is 6.69. The Hall–Kier alpha value is -2.27. The minimum Gasteiger partial charge on any atom is -0.351 e. The molecular weight excluding hydrogens is 338 g/mol. The third-order valence-corrected chi connectivity index (χ3v) is 5.28. The molecule has 1 N–H and O–H groups in total. The number of rotatable bonds is 3. The Kier molecular flexibility index (Phi) is 4.25. The highest BCUT2D eigenvalue weighted by Gasteiger charge is 2.39. The third kappa shape index (κ3) is 3.04. The van der Waals surface area contributed by atoms with Crippen LogP contribution in [0, 0.1) is 0 Å². The third-order valence-electron chi connectivity index (χ3n) is 5.03. The van der Waals surface area contributed by atoms with Crippen LogP contribution in [-0.2, 0) is 16.1 Å². The van der Waals surface area contributed by atoms with E-state index in [-0.39, 0.29) is 24.4 Å². The fourth-order valence-electron chi connectivity index (χ4n) is 3.81. The highest BCUT2D eigenvalue weighted by Crippen LogP contribution is 2.33. The lowest BCUT2D eigenvalue weighted by atomic mass is 10.1. The number of benzene rings is 1. The Morgan fingerprint density at radius 1 is 1.12 bits per heavy atom. The molecule has 5 nitrogen and oxygen atoms in total. The maximum absolute atomic E-state index is 13.1. The molecule has 1 fully saturated rings. The quantitative estimate of drug-likeness (QED) is 0.916. The van der Waals surface area contributed by atoms with Gasteiger partial charge in [-0.25, -0.2) is 0 Å². The molecule has 0 bridgehead atoms. The van der Waals surface area contributed by atoms with Crippen molar-refractivity contribution in [2.75, 3.05) is 4.90 Å². The Balaban J connectivity index is 1.70. The van der Waals surface area contributed by atoms with Crippen LogP contribution in [0.1, 0.15) is 37.4 Å². The van der Waals surface area contributed by atoms with E-state index in [0.29, 0.717) is 10.7 Å². The molecule has 2 aromatic rings. The molecule has 6 heteroatoms. The van der Waals surface area contributed by atoms with Crippen molar-refractivity contribution < 1.29 is 9.59 Å². The highest BCUT2D eigenvalue weighted by molar-refractivity contribution is 6.30. The summed E-state index contributed by atoms with van der Waals surface area (Å²) in [4.78, 5) is 27.4. The van der Waals surface area contributed by atoms with Gasteiger partial charge in [-0.1, -0.05) is 24.4 Å². The maximum Gasteiger partial charge on any atom is 0.249 e. The average Bonchev–Trinajstić information content (AvgIpc) is 3.26. The molecule has 0 spiro atoms. The second-order valence-corrected chi connectivity index (χ2v) is 7.13. The van der Waals surface area contributed by atoms with Gasteiger partial charge >= 0.3 is 0 Å². The molecule has 1 aromatic heterocycles. The zero-order valence-electron chi connectivity index (χ0n) is 13.8. The van der Waals surface area contributed by atoms with Gasteiger partial charge < -0.3 is 9.88 Å². The molecule has 2 aliphatic rings. The molecule has 2 amide bonds. The summed E-state index contributed by atoms with van der Waals surface area (Å²) in [6.07, 6.45) is 6.16. The summed E-state index contributed by atoms with van der Waals surface area (Å²) < 4.78 is 1.85. The number of aromatic nitrogens is 1. The summed E-state index contributed by atoms with van der Waals surface area (Å²) in [5, 5.41) is 3.74. The van der Waals surface area contributed by atoms with E-state index in [4.69, 9.17) is 11.6 Å². The number of carbonyl (C=O) groups is 2. The van der Waals surface area contributed by atoms with Crippen LogP contribution in [-0.4, -0.2) is 22.4 Å². The molecule has 1 saturated carbocycles. The van der Waals surface area contributed by atoms with Crippen molar-refractivity contribution in [2.45, 2.75) is 44.3 Å². The van der Waals surface area contributed by atoms with E-state index in [1.54, 1.807) is 29.2 Å². The summed E-state index contributed by atoms with van der Waals surface area (Å²) >= 11 is 5.98. The van der Waals surface area contributed by atoms with Crippen molar-refractivity contribution in [1.29, 1.82) is 0 Å².